The van der Waals surface area contributed by atoms with Crippen LogP contribution in [0.4, 0.5) is 4.39 Å². The van der Waals surface area contributed by atoms with E-state index in [4.69, 9.17) is 5.73 Å². The fourth-order valence-corrected chi connectivity index (χ4v) is 2.41. The summed E-state index contributed by atoms with van der Waals surface area (Å²) in [6.07, 6.45) is 0.779. The summed E-state index contributed by atoms with van der Waals surface area (Å²) >= 11 is 0. The highest BCUT2D eigenvalue weighted by atomic mass is 19.1. The first-order chi connectivity index (χ1) is 9.90. The Morgan fingerprint density at radius 3 is 2.33 bits per heavy atom. The first-order valence-corrected chi connectivity index (χ1v) is 7.77. The average molecular weight is 295 g/mol. The van der Waals surface area contributed by atoms with Crippen molar-refractivity contribution in [3.63, 3.8) is 0 Å². The number of hydrogen-bond acceptors (Lipinski definition) is 3. The number of nitrogens with two attached hydrogens (primary N) is 1. The number of nitrogens with zero attached hydrogens (tertiary/aromatic N) is 2. The second-order valence-electron chi connectivity index (χ2n) is 6.41. The van der Waals surface area contributed by atoms with Gasteiger partial charge < -0.3 is 15.5 Å². The summed E-state index contributed by atoms with van der Waals surface area (Å²) in [5.41, 5.74) is 6.77. The lowest BCUT2D eigenvalue weighted by atomic mass is 10.0. The molecular formula is C17H30FN3. The molecule has 0 spiro atoms. The van der Waals surface area contributed by atoms with Crippen molar-refractivity contribution in [1.29, 1.82) is 0 Å². The molecule has 21 heavy (non-hydrogen) atoms. The van der Waals surface area contributed by atoms with Gasteiger partial charge in [-0.3, -0.25) is 0 Å². The van der Waals surface area contributed by atoms with Crippen molar-refractivity contribution in [2.24, 2.45) is 11.7 Å². The van der Waals surface area contributed by atoms with Crippen LogP contribution in [0.5, 0.6) is 0 Å². The van der Waals surface area contributed by atoms with Crippen molar-refractivity contribution in [3.05, 3.63) is 35.6 Å². The van der Waals surface area contributed by atoms with Crippen LogP contribution in [0.15, 0.2) is 24.3 Å². The molecule has 1 unspecified atom stereocenters. The van der Waals surface area contributed by atoms with Crippen molar-refractivity contribution in [2.45, 2.75) is 26.3 Å². The Morgan fingerprint density at radius 2 is 1.76 bits per heavy atom. The predicted molar refractivity (Wildman–Crippen MR) is 87.8 cm³/mol. The van der Waals surface area contributed by atoms with Gasteiger partial charge in [0.15, 0.2) is 0 Å². The number of likely N-dealkylation sites (N-methyl/N-ethyl adjacent to an activating group) is 1. The van der Waals surface area contributed by atoms with Crippen LogP contribution < -0.4 is 5.73 Å². The average Bonchev–Trinajstić information content (AvgIpc) is 2.41. The highest BCUT2D eigenvalue weighted by molar-refractivity contribution is 5.20. The van der Waals surface area contributed by atoms with Crippen LogP contribution in [0, 0.1) is 11.7 Å². The summed E-state index contributed by atoms with van der Waals surface area (Å²) in [4.78, 5) is 4.61. The molecule has 1 rings (SSSR count). The summed E-state index contributed by atoms with van der Waals surface area (Å²) in [6, 6.07) is 6.57. The Labute approximate surface area is 128 Å². The minimum absolute atomic E-state index is 0.200. The molecule has 0 aliphatic carbocycles. The second kappa shape index (κ2) is 9.13. The number of benzene rings is 1. The van der Waals surface area contributed by atoms with Crippen LogP contribution in [-0.2, 0) is 0 Å². The van der Waals surface area contributed by atoms with E-state index in [1.807, 2.05) is 6.07 Å². The van der Waals surface area contributed by atoms with Gasteiger partial charge in [-0.1, -0.05) is 32.0 Å². The third-order valence-electron chi connectivity index (χ3n) is 3.55. The van der Waals surface area contributed by atoms with Gasteiger partial charge in [-0.15, -0.1) is 0 Å². The maximum atomic E-state index is 13.7. The Bertz CT molecular complexity index is 407. The monoisotopic (exact) mass is 295 g/mol. The van der Waals surface area contributed by atoms with Crippen molar-refractivity contribution >= 4 is 0 Å². The Balaban J connectivity index is 2.53. The van der Waals surface area contributed by atoms with Gasteiger partial charge in [-0.25, -0.2) is 4.39 Å². The molecule has 3 nitrogen and oxygen atoms in total. The van der Waals surface area contributed by atoms with E-state index in [0.717, 1.165) is 32.6 Å². The zero-order chi connectivity index (χ0) is 15.8. The predicted octanol–water partition coefficient (Wildman–Crippen LogP) is 2.74. The SMILES string of the molecule is CC(C)CN(CCC(N)c1ccccc1F)CCN(C)C. The molecule has 2 N–H and O–H groups in total. The molecule has 0 aliphatic heterocycles. The molecule has 1 aromatic carbocycles. The zero-order valence-electron chi connectivity index (χ0n) is 13.8. The minimum atomic E-state index is -0.236. The van der Waals surface area contributed by atoms with E-state index >= 15 is 0 Å². The summed E-state index contributed by atoms with van der Waals surface area (Å²) in [7, 11) is 4.16. The smallest absolute Gasteiger partial charge is 0.127 e. The zero-order valence-corrected chi connectivity index (χ0v) is 13.8. The van der Waals surface area contributed by atoms with Gasteiger partial charge in [0.25, 0.3) is 0 Å². The van der Waals surface area contributed by atoms with Crippen molar-refractivity contribution in [2.75, 3.05) is 40.3 Å². The Kier molecular flexibility index (Phi) is 7.86. The van der Waals surface area contributed by atoms with Gasteiger partial charge in [0.05, 0.1) is 0 Å². The van der Waals surface area contributed by atoms with Crippen molar-refractivity contribution in [1.82, 2.24) is 9.80 Å². The maximum Gasteiger partial charge on any atom is 0.127 e. The summed E-state index contributed by atoms with van der Waals surface area (Å²) in [5, 5.41) is 0. The van der Waals surface area contributed by atoms with Gasteiger partial charge in [0.2, 0.25) is 0 Å². The lowest BCUT2D eigenvalue weighted by Crippen LogP contribution is -2.36. The van der Waals surface area contributed by atoms with E-state index in [-0.39, 0.29) is 11.9 Å². The summed E-state index contributed by atoms with van der Waals surface area (Å²) < 4.78 is 13.7. The van der Waals surface area contributed by atoms with Gasteiger partial charge in [0.1, 0.15) is 5.82 Å². The maximum absolute atomic E-state index is 13.7. The van der Waals surface area contributed by atoms with E-state index in [9.17, 15) is 4.39 Å². The fraction of sp³-hybridized carbons (Fsp3) is 0.647. The molecule has 0 saturated heterocycles. The molecule has 0 aromatic heterocycles. The molecule has 120 valence electrons. The first kappa shape index (κ1) is 18.1. The van der Waals surface area contributed by atoms with E-state index in [2.05, 4.69) is 37.7 Å². The van der Waals surface area contributed by atoms with Crippen LogP contribution in [0.25, 0.3) is 0 Å². The van der Waals surface area contributed by atoms with Crippen LogP contribution in [0.1, 0.15) is 31.9 Å². The molecular weight excluding hydrogens is 265 g/mol. The van der Waals surface area contributed by atoms with Crippen LogP contribution in [0.2, 0.25) is 0 Å². The minimum Gasteiger partial charge on any atom is -0.324 e. The highest BCUT2D eigenvalue weighted by Crippen LogP contribution is 2.18. The molecule has 1 atom stereocenters. The second-order valence-corrected chi connectivity index (χ2v) is 6.41. The van der Waals surface area contributed by atoms with Crippen LogP contribution >= 0.6 is 0 Å². The molecule has 0 fully saturated rings. The lowest BCUT2D eigenvalue weighted by molar-refractivity contribution is 0.212. The Morgan fingerprint density at radius 1 is 1.10 bits per heavy atom. The largest absolute Gasteiger partial charge is 0.324 e. The molecule has 0 heterocycles. The summed E-state index contributed by atoms with van der Waals surface area (Å²) in [6.45, 7) is 8.45. The fourth-order valence-electron chi connectivity index (χ4n) is 2.41. The normalized spacial score (nSPS) is 13.4. The molecule has 0 amide bonds. The molecule has 4 heteroatoms. The molecule has 1 aromatic rings. The molecule has 0 saturated carbocycles. The van der Waals surface area contributed by atoms with Crippen molar-refractivity contribution < 1.29 is 4.39 Å². The van der Waals surface area contributed by atoms with Gasteiger partial charge >= 0.3 is 0 Å². The summed E-state index contributed by atoms with van der Waals surface area (Å²) in [5.74, 6) is 0.422. The van der Waals surface area contributed by atoms with E-state index in [1.54, 1.807) is 12.1 Å². The number of halogens is 1. The van der Waals surface area contributed by atoms with Crippen LogP contribution in [-0.4, -0.2) is 50.1 Å². The molecule has 0 aliphatic rings. The van der Waals surface area contributed by atoms with E-state index in [0.29, 0.717) is 11.5 Å². The quantitative estimate of drug-likeness (QED) is 0.760. The van der Waals surface area contributed by atoms with Gasteiger partial charge in [-0.2, -0.15) is 0 Å². The van der Waals surface area contributed by atoms with Gasteiger partial charge in [0, 0.05) is 37.8 Å². The molecule has 0 bridgehead atoms. The number of rotatable bonds is 9. The third-order valence-corrected chi connectivity index (χ3v) is 3.55. The Hall–Kier alpha value is -0.970. The first-order valence-electron chi connectivity index (χ1n) is 7.77. The van der Waals surface area contributed by atoms with Gasteiger partial charge in [-0.05, 0) is 32.5 Å². The van der Waals surface area contributed by atoms with Crippen LogP contribution in [0.3, 0.4) is 0 Å². The standard InChI is InChI=1S/C17H30FN3/c1-14(2)13-21(12-11-20(3)4)10-9-17(19)15-7-5-6-8-16(15)18/h5-8,14,17H,9-13,19H2,1-4H3. The molecule has 0 radical (unpaired) electrons. The van der Waals surface area contributed by atoms with E-state index in [1.165, 1.54) is 6.07 Å². The highest BCUT2D eigenvalue weighted by Gasteiger charge is 2.14. The lowest BCUT2D eigenvalue weighted by Gasteiger charge is -2.27. The number of hydrogen-bond donors (Lipinski definition) is 1. The van der Waals surface area contributed by atoms with Crippen molar-refractivity contribution in [3.8, 4) is 0 Å². The third kappa shape index (κ3) is 7.02. The topological polar surface area (TPSA) is 32.5 Å². The van der Waals surface area contributed by atoms with E-state index < -0.39 is 0 Å².